The Bertz CT molecular complexity index is 376. The van der Waals surface area contributed by atoms with Gasteiger partial charge in [-0.15, -0.1) is 0 Å². The predicted molar refractivity (Wildman–Crippen MR) is 50.4 cm³/mol. The Morgan fingerprint density at radius 1 is 0.938 bits per heavy atom. The standard InChI is InChI=1S/C5H5NO3.C4H3NO2/c7-3-6-4(8)1-2-5(6)9;6-3-1-2-4(7)5-3/h1-2,7H,3H2;1-2H,(H,5,6,7). The van der Waals surface area contributed by atoms with Crippen LogP contribution in [-0.2, 0) is 19.2 Å². The van der Waals surface area contributed by atoms with Gasteiger partial charge >= 0.3 is 0 Å². The highest BCUT2D eigenvalue weighted by atomic mass is 16.3. The Morgan fingerprint density at radius 2 is 1.38 bits per heavy atom. The molecule has 0 aromatic heterocycles. The van der Waals surface area contributed by atoms with Crippen LogP contribution in [0.2, 0.25) is 0 Å². The van der Waals surface area contributed by atoms with E-state index in [0.29, 0.717) is 0 Å². The van der Waals surface area contributed by atoms with E-state index in [-0.39, 0.29) is 11.8 Å². The van der Waals surface area contributed by atoms with E-state index in [4.69, 9.17) is 5.11 Å². The van der Waals surface area contributed by atoms with Gasteiger partial charge in [0.1, 0.15) is 6.73 Å². The smallest absolute Gasteiger partial charge is 0.255 e. The monoisotopic (exact) mass is 224 g/mol. The molecule has 84 valence electrons. The number of hydrogen-bond acceptors (Lipinski definition) is 5. The zero-order chi connectivity index (χ0) is 12.1. The van der Waals surface area contributed by atoms with E-state index in [1.165, 1.54) is 12.2 Å². The van der Waals surface area contributed by atoms with Crippen LogP contribution in [0.15, 0.2) is 24.3 Å². The van der Waals surface area contributed by atoms with Crippen LogP contribution in [0.1, 0.15) is 0 Å². The molecule has 2 aliphatic heterocycles. The van der Waals surface area contributed by atoms with Gasteiger partial charge < -0.3 is 5.11 Å². The topological polar surface area (TPSA) is 104 Å². The third-order valence-corrected chi connectivity index (χ3v) is 1.67. The van der Waals surface area contributed by atoms with Gasteiger partial charge in [-0.25, -0.2) is 0 Å². The van der Waals surface area contributed by atoms with Crippen LogP contribution in [-0.4, -0.2) is 40.4 Å². The maximum Gasteiger partial charge on any atom is 0.255 e. The van der Waals surface area contributed by atoms with Gasteiger partial charge in [0.05, 0.1) is 0 Å². The molecule has 0 saturated heterocycles. The first-order valence-corrected chi connectivity index (χ1v) is 4.22. The third-order valence-electron chi connectivity index (χ3n) is 1.67. The summed E-state index contributed by atoms with van der Waals surface area (Å²) in [5, 5.41) is 10.4. The van der Waals surface area contributed by atoms with Gasteiger partial charge in [0.15, 0.2) is 0 Å². The second-order valence-electron chi connectivity index (χ2n) is 2.77. The second-order valence-corrected chi connectivity index (χ2v) is 2.77. The molecule has 0 fully saturated rings. The first kappa shape index (κ1) is 11.8. The van der Waals surface area contributed by atoms with Crippen LogP contribution in [0.5, 0.6) is 0 Å². The summed E-state index contributed by atoms with van der Waals surface area (Å²) in [6.45, 7) is -0.537. The maximum absolute atomic E-state index is 10.5. The van der Waals surface area contributed by atoms with Crippen molar-refractivity contribution in [2.24, 2.45) is 0 Å². The van der Waals surface area contributed by atoms with E-state index in [1.54, 1.807) is 0 Å². The summed E-state index contributed by atoms with van der Waals surface area (Å²) >= 11 is 0. The Kier molecular flexibility index (Phi) is 3.67. The number of aliphatic hydroxyl groups excluding tert-OH is 1. The van der Waals surface area contributed by atoms with Crippen LogP contribution in [0.3, 0.4) is 0 Å². The lowest BCUT2D eigenvalue weighted by Crippen LogP contribution is -2.30. The fourth-order valence-corrected chi connectivity index (χ4v) is 0.927. The molecule has 0 aliphatic carbocycles. The molecular formula is C9H8N2O5. The molecular weight excluding hydrogens is 216 g/mol. The Morgan fingerprint density at radius 3 is 1.56 bits per heavy atom. The predicted octanol–water partition coefficient (Wildman–Crippen LogP) is -1.94. The van der Waals surface area contributed by atoms with Gasteiger partial charge in [-0.3, -0.25) is 29.4 Å². The average molecular weight is 224 g/mol. The molecule has 0 bridgehead atoms. The van der Waals surface area contributed by atoms with Gasteiger partial charge in [-0.05, 0) is 0 Å². The largest absolute Gasteiger partial charge is 0.376 e. The first-order valence-electron chi connectivity index (χ1n) is 4.22. The van der Waals surface area contributed by atoms with Crippen LogP contribution < -0.4 is 5.32 Å². The number of imide groups is 2. The molecule has 7 nitrogen and oxygen atoms in total. The highest BCUT2D eigenvalue weighted by molar-refractivity contribution is 6.13. The minimum absolute atomic E-state index is 0.329. The summed E-state index contributed by atoms with van der Waals surface area (Å²) in [6, 6.07) is 0. The Balaban J connectivity index is 0.000000165. The van der Waals surface area contributed by atoms with Crippen LogP contribution in [0.25, 0.3) is 0 Å². The number of amides is 4. The number of nitrogens with zero attached hydrogens (tertiary/aromatic N) is 1. The lowest BCUT2D eigenvalue weighted by Gasteiger charge is -2.06. The summed E-state index contributed by atoms with van der Waals surface area (Å²) in [5.74, 6) is -1.57. The molecule has 2 N–H and O–H groups in total. The molecule has 2 heterocycles. The zero-order valence-electron chi connectivity index (χ0n) is 8.04. The lowest BCUT2D eigenvalue weighted by atomic mass is 10.6. The van der Waals surface area contributed by atoms with Crippen LogP contribution in [0.4, 0.5) is 0 Å². The van der Waals surface area contributed by atoms with Gasteiger partial charge in [-0.1, -0.05) is 0 Å². The molecule has 0 saturated carbocycles. The summed E-state index contributed by atoms with van der Waals surface area (Å²) in [5.41, 5.74) is 0. The van der Waals surface area contributed by atoms with Crippen molar-refractivity contribution >= 4 is 23.6 Å². The zero-order valence-corrected chi connectivity index (χ0v) is 8.04. The van der Waals surface area contributed by atoms with Crippen molar-refractivity contribution in [3.8, 4) is 0 Å². The van der Waals surface area contributed by atoms with Crippen molar-refractivity contribution < 1.29 is 24.3 Å². The van der Waals surface area contributed by atoms with E-state index in [0.717, 1.165) is 17.1 Å². The second kappa shape index (κ2) is 4.99. The number of carbonyl (C=O) groups excluding carboxylic acids is 4. The van der Waals surface area contributed by atoms with Gasteiger partial charge in [0, 0.05) is 24.3 Å². The molecule has 16 heavy (non-hydrogen) atoms. The lowest BCUT2D eigenvalue weighted by molar-refractivity contribution is -0.140. The highest BCUT2D eigenvalue weighted by Gasteiger charge is 2.21. The van der Waals surface area contributed by atoms with E-state index < -0.39 is 18.5 Å². The molecule has 2 rings (SSSR count). The van der Waals surface area contributed by atoms with Crippen molar-refractivity contribution in [2.75, 3.05) is 6.73 Å². The molecule has 0 unspecified atom stereocenters. The van der Waals surface area contributed by atoms with Crippen LogP contribution >= 0.6 is 0 Å². The van der Waals surface area contributed by atoms with Crippen molar-refractivity contribution in [3.63, 3.8) is 0 Å². The number of nitrogens with one attached hydrogen (secondary N) is 1. The molecule has 0 aromatic rings. The number of rotatable bonds is 1. The van der Waals surface area contributed by atoms with Gasteiger partial charge in [0.2, 0.25) is 0 Å². The third kappa shape index (κ3) is 2.85. The van der Waals surface area contributed by atoms with Crippen molar-refractivity contribution in [1.29, 1.82) is 0 Å². The van der Waals surface area contributed by atoms with E-state index in [9.17, 15) is 19.2 Å². The van der Waals surface area contributed by atoms with Gasteiger partial charge in [-0.2, -0.15) is 0 Å². The summed E-state index contributed by atoms with van der Waals surface area (Å²) in [7, 11) is 0. The normalized spacial score (nSPS) is 17.7. The molecule has 0 atom stereocenters. The molecule has 4 amide bonds. The SMILES string of the molecule is O=C1C=CC(=O)N1.O=C1C=CC(=O)N1CO. The first-order chi connectivity index (χ1) is 7.54. The highest BCUT2D eigenvalue weighted by Crippen LogP contribution is 2.00. The van der Waals surface area contributed by atoms with Gasteiger partial charge in [0.25, 0.3) is 23.6 Å². The number of carbonyl (C=O) groups is 4. The van der Waals surface area contributed by atoms with Crippen molar-refractivity contribution in [3.05, 3.63) is 24.3 Å². The fraction of sp³-hybridized carbons (Fsp3) is 0.111. The van der Waals surface area contributed by atoms with Crippen molar-refractivity contribution in [1.82, 2.24) is 10.2 Å². The van der Waals surface area contributed by atoms with E-state index >= 15 is 0 Å². The summed E-state index contributed by atoms with van der Waals surface area (Å²) in [6.07, 6.45) is 4.64. The minimum atomic E-state index is -0.537. The molecule has 0 spiro atoms. The maximum atomic E-state index is 10.5. The summed E-state index contributed by atoms with van der Waals surface area (Å²) < 4.78 is 0. The molecule has 7 heteroatoms. The number of hydrogen-bond donors (Lipinski definition) is 2. The molecule has 0 radical (unpaired) electrons. The van der Waals surface area contributed by atoms with Crippen molar-refractivity contribution in [2.45, 2.75) is 0 Å². The Hall–Kier alpha value is -2.28. The van der Waals surface area contributed by atoms with Crippen LogP contribution in [0, 0.1) is 0 Å². The summed E-state index contributed by atoms with van der Waals surface area (Å²) in [4.78, 5) is 41.8. The quantitative estimate of drug-likeness (QED) is 0.504. The fourth-order valence-electron chi connectivity index (χ4n) is 0.927. The minimum Gasteiger partial charge on any atom is -0.376 e. The average Bonchev–Trinajstić information content (AvgIpc) is 2.75. The molecule has 0 aromatic carbocycles. The van der Waals surface area contributed by atoms with E-state index in [1.807, 2.05) is 5.32 Å². The van der Waals surface area contributed by atoms with E-state index in [2.05, 4.69) is 0 Å². The number of aliphatic hydroxyl groups is 1. The molecule has 2 aliphatic rings. The Labute approximate surface area is 90.0 Å².